The van der Waals surface area contributed by atoms with Crippen LogP contribution in [0.25, 0.3) is 55.0 Å². The number of rotatable bonds is 11. The van der Waals surface area contributed by atoms with Crippen molar-refractivity contribution in [3.05, 3.63) is 211 Å². The minimum absolute atomic E-state index is 0.0139. The zero-order chi connectivity index (χ0) is 50.2. The molecule has 362 valence electrons. The van der Waals surface area contributed by atoms with Crippen LogP contribution < -0.4 is 47.2 Å². The first-order chi connectivity index (χ1) is 37.6. The van der Waals surface area contributed by atoms with Gasteiger partial charge in [-0.3, -0.25) is 0 Å². The van der Waals surface area contributed by atoms with Crippen molar-refractivity contribution in [2.75, 3.05) is 4.90 Å². The second-order valence-corrected chi connectivity index (χ2v) is 22.3. The molecule has 12 aromatic rings. The summed E-state index contributed by atoms with van der Waals surface area (Å²) in [5.74, 6) is 3.34. The Morgan fingerprint density at radius 3 is 1.50 bits per heavy atom. The molecule has 76 heavy (non-hydrogen) atoms. The number of aryl methyl sites for hydroxylation is 2. The minimum atomic E-state index is -0.0569. The fourth-order valence-electron chi connectivity index (χ4n) is 13.5. The first-order valence-electron chi connectivity index (χ1n) is 27.3. The molecule has 0 saturated heterocycles. The summed E-state index contributed by atoms with van der Waals surface area (Å²) in [7, 11) is 0. The Labute approximate surface area is 447 Å². The van der Waals surface area contributed by atoms with Crippen LogP contribution >= 0.6 is 11.8 Å². The Morgan fingerprint density at radius 1 is 0.395 bits per heavy atom. The summed E-state index contributed by atoms with van der Waals surface area (Å²) < 4.78 is 19.0. The number of unbranched alkanes of at least 4 members (excludes halogenated alkanes) is 2. The zero-order valence-corrected chi connectivity index (χ0v) is 43.3. The van der Waals surface area contributed by atoms with E-state index in [9.17, 15) is 0 Å². The lowest BCUT2D eigenvalue weighted by atomic mass is 9.31. The van der Waals surface area contributed by atoms with Crippen LogP contribution in [0.3, 0.4) is 0 Å². The maximum absolute atomic E-state index is 7.02. The summed E-state index contributed by atoms with van der Waals surface area (Å²) in [5, 5.41) is 5.06. The molecule has 6 heterocycles. The van der Waals surface area contributed by atoms with Gasteiger partial charge in [0.25, 0.3) is 6.71 Å². The van der Waals surface area contributed by atoms with E-state index in [1.807, 2.05) is 11.8 Å². The fraction of sp³-hybridized carbons (Fsp3) is 0.118. The van der Waals surface area contributed by atoms with Gasteiger partial charge in [0.05, 0.1) is 11.0 Å². The van der Waals surface area contributed by atoms with Crippen LogP contribution in [-0.2, 0) is 12.8 Å². The number of hydrogen-bond donors (Lipinski definition) is 0. The predicted molar refractivity (Wildman–Crippen MR) is 320 cm³/mol. The highest BCUT2D eigenvalue weighted by molar-refractivity contribution is 8.00. The van der Waals surface area contributed by atoms with Crippen molar-refractivity contribution in [1.82, 2.24) is 9.13 Å². The normalized spacial score (nSPS) is 13.3. The number of hydrogen-bond acceptors (Lipinski definition) is 4. The van der Waals surface area contributed by atoms with Crippen LogP contribution in [-0.4, -0.2) is 22.6 Å². The summed E-state index contributed by atoms with van der Waals surface area (Å²) in [6, 6.07) is 74.6. The van der Waals surface area contributed by atoms with Gasteiger partial charge in [-0.15, -0.1) is 0 Å². The molecule has 0 bridgehead atoms. The average molecular weight is 996 g/mol. The molecule has 0 atom stereocenters. The van der Waals surface area contributed by atoms with Crippen molar-refractivity contribution >= 4 is 119 Å². The van der Waals surface area contributed by atoms with Gasteiger partial charge in [0.1, 0.15) is 23.0 Å². The van der Waals surface area contributed by atoms with Crippen LogP contribution in [0, 0.1) is 0 Å². The third kappa shape index (κ3) is 6.50. The lowest BCUT2D eigenvalue weighted by molar-refractivity contribution is 0.481. The average Bonchev–Trinajstić information content (AvgIpc) is 4.18. The Hall–Kier alpha value is -8.32. The van der Waals surface area contributed by atoms with Gasteiger partial charge in [0.15, 0.2) is 0 Å². The summed E-state index contributed by atoms with van der Waals surface area (Å²) in [5.41, 5.74) is 21.3. The second kappa shape index (κ2) is 17.1. The first kappa shape index (κ1) is 44.0. The van der Waals surface area contributed by atoms with Gasteiger partial charge < -0.3 is 23.5 Å². The van der Waals surface area contributed by atoms with E-state index < -0.39 is 0 Å². The molecule has 0 N–H and O–H groups in total. The third-order valence-electron chi connectivity index (χ3n) is 16.8. The molecule has 16 rings (SSSR count). The topological polar surface area (TPSA) is 31.6 Å². The maximum atomic E-state index is 7.02. The number of ether oxygens (including phenoxy) is 2. The molecular formula is C68H51B2N3O2S. The molecule has 0 saturated carbocycles. The van der Waals surface area contributed by atoms with E-state index in [4.69, 9.17) is 9.47 Å². The van der Waals surface area contributed by atoms with Gasteiger partial charge in [-0.1, -0.05) is 165 Å². The van der Waals surface area contributed by atoms with Crippen LogP contribution in [0.2, 0.25) is 0 Å². The molecule has 8 heteroatoms. The summed E-state index contributed by atoms with van der Waals surface area (Å²) >= 11 is 1.88. The van der Waals surface area contributed by atoms with E-state index in [0.717, 1.165) is 52.9 Å². The number of para-hydroxylation sites is 5. The van der Waals surface area contributed by atoms with Gasteiger partial charge in [0, 0.05) is 89.0 Å². The Bertz CT molecular complexity index is 4370. The van der Waals surface area contributed by atoms with E-state index in [1.54, 1.807) is 0 Å². The first-order valence-corrected chi connectivity index (χ1v) is 28.1. The van der Waals surface area contributed by atoms with Crippen molar-refractivity contribution < 1.29 is 9.47 Å². The highest BCUT2D eigenvalue weighted by atomic mass is 32.2. The van der Waals surface area contributed by atoms with Crippen molar-refractivity contribution in [3.8, 4) is 34.4 Å². The zero-order valence-electron chi connectivity index (χ0n) is 42.5. The molecule has 0 unspecified atom stereocenters. The Morgan fingerprint density at radius 2 is 0.908 bits per heavy atom. The molecule has 10 aromatic carbocycles. The summed E-state index contributed by atoms with van der Waals surface area (Å²) in [4.78, 5) is 5.00. The molecule has 2 aromatic heterocycles. The van der Waals surface area contributed by atoms with E-state index in [1.165, 1.54) is 134 Å². The molecule has 0 fully saturated rings. The highest BCUT2D eigenvalue weighted by Gasteiger charge is 2.46. The van der Waals surface area contributed by atoms with E-state index in [0.29, 0.717) is 0 Å². The minimum Gasteiger partial charge on any atom is -0.457 e. The van der Waals surface area contributed by atoms with E-state index in [-0.39, 0.29) is 13.4 Å². The number of benzene rings is 10. The molecule has 4 aliphatic rings. The van der Waals surface area contributed by atoms with Gasteiger partial charge in [0.2, 0.25) is 6.71 Å². The molecule has 0 radical (unpaired) electrons. The standard InChI is InChI=1S/C68H51B2N3O2S/c1-3-5-16-42-28-32-45(33-29-42)74-47-36-60-65-61(37-47)72-57-26-12-10-20-49(57)51-22-14-24-53(67(51)72)69(65)55-40-56-63(41-59(55)71(60)44-18-8-7-9-19-44)76-64-39-48(75-46-34-30-43(31-35-46)17-6-4-2)38-62-66(64)70(56)54-25-15-23-52-50-21-11-13-27-58(50)73(62)68(52)54/h7-15,18-41H,3-6,16-17H2,1-2H3. The predicted octanol–water partition coefficient (Wildman–Crippen LogP) is 14.1. The van der Waals surface area contributed by atoms with E-state index in [2.05, 4.69) is 228 Å². The molecule has 0 spiro atoms. The van der Waals surface area contributed by atoms with E-state index >= 15 is 0 Å². The summed E-state index contributed by atoms with van der Waals surface area (Å²) in [6.45, 7) is 4.43. The maximum Gasteiger partial charge on any atom is 0.252 e. The van der Waals surface area contributed by atoms with Crippen LogP contribution in [0.1, 0.15) is 50.7 Å². The molecule has 5 nitrogen and oxygen atoms in total. The second-order valence-electron chi connectivity index (χ2n) is 21.2. The quantitative estimate of drug-likeness (QED) is 0.121. The van der Waals surface area contributed by atoms with Crippen molar-refractivity contribution in [3.63, 3.8) is 0 Å². The van der Waals surface area contributed by atoms with Crippen LogP contribution in [0.5, 0.6) is 23.0 Å². The van der Waals surface area contributed by atoms with Crippen molar-refractivity contribution in [2.45, 2.75) is 62.2 Å². The third-order valence-corrected chi connectivity index (χ3v) is 17.9. The SMILES string of the molecule is CCCCc1ccc(Oc2cc3c4c(c2)-n2c5ccccc5c5cccc(c52)B4c2cc4c(cc2S3)N(c2ccccc2)c2cc(Oc3ccc(CCCC)cc3)cc3c2B4c2cccc4c5ccccc5n-3c24)cc1. The van der Waals surface area contributed by atoms with Crippen molar-refractivity contribution in [1.29, 1.82) is 0 Å². The van der Waals surface area contributed by atoms with Gasteiger partial charge in [-0.25, -0.2) is 0 Å². The van der Waals surface area contributed by atoms with Crippen molar-refractivity contribution in [2.24, 2.45) is 0 Å². The molecular weight excluding hydrogens is 944 g/mol. The monoisotopic (exact) mass is 995 g/mol. The number of aromatic nitrogens is 2. The molecule has 0 aliphatic carbocycles. The molecule has 0 amide bonds. The molecule has 4 aliphatic heterocycles. The largest absolute Gasteiger partial charge is 0.457 e. The Balaban J connectivity index is 0.943. The van der Waals surface area contributed by atoms with Gasteiger partial charge >= 0.3 is 0 Å². The van der Waals surface area contributed by atoms with Gasteiger partial charge in [-0.2, -0.15) is 0 Å². The lowest BCUT2D eigenvalue weighted by Gasteiger charge is -2.42. The fourth-order valence-corrected chi connectivity index (χ4v) is 14.7. The number of fused-ring (bicyclic) bond motifs is 14. The summed E-state index contributed by atoms with van der Waals surface area (Å²) in [6.07, 6.45) is 6.86. The number of nitrogens with zero attached hydrogens (tertiary/aromatic N) is 3. The van der Waals surface area contributed by atoms with Crippen LogP contribution in [0.4, 0.5) is 17.1 Å². The van der Waals surface area contributed by atoms with Gasteiger partial charge in [-0.05, 0) is 125 Å². The lowest BCUT2D eigenvalue weighted by Crippen LogP contribution is -2.63. The highest BCUT2D eigenvalue weighted by Crippen LogP contribution is 2.47. The number of anilines is 3. The van der Waals surface area contributed by atoms with Crippen LogP contribution in [0.15, 0.2) is 210 Å². The smallest absolute Gasteiger partial charge is 0.252 e. The Kier molecular flexibility index (Phi) is 9.91.